The van der Waals surface area contributed by atoms with Crippen molar-refractivity contribution in [3.63, 3.8) is 0 Å². The maximum atomic E-state index is 11.9. The molecule has 0 radical (unpaired) electrons. The van der Waals surface area contributed by atoms with E-state index >= 15 is 0 Å². The summed E-state index contributed by atoms with van der Waals surface area (Å²) in [5.41, 5.74) is 3.04. The Balaban J connectivity index is 2.07. The van der Waals surface area contributed by atoms with E-state index in [4.69, 9.17) is 31.6 Å². The first-order chi connectivity index (χ1) is 13.2. The lowest BCUT2D eigenvalue weighted by Gasteiger charge is -2.25. The molecule has 1 aliphatic heterocycles. The number of terminal acetylenes is 1. The normalized spacial score (nSPS) is 26.4. The predicted molar refractivity (Wildman–Crippen MR) is 93.6 cm³/mol. The second-order valence-corrected chi connectivity index (χ2v) is 10.1. The molecule has 0 aromatic carbocycles. The Morgan fingerprint density at radius 3 is 2.52 bits per heavy atom. The number of hydrogen-bond acceptors (Lipinski definition) is 10. The first-order valence-corrected chi connectivity index (χ1v) is 12.0. The Hall–Kier alpha value is -1.39. The minimum absolute atomic E-state index is 0.0138. The lowest BCUT2D eigenvalue weighted by Crippen LogP contribution is -2.34. The van der Waals surface area contributed by atoms with Gasteiger partial charge in [0.05, 0.1) is 6.61 Å². The molecule has 1 saturated heterocycles. The fourth-order valence-corrected chi connectivity index (χ4v) is 5.39. The number of phosphoric ester groups is 1. The van der Waals surface area contributed by atoms with Crippen molar-refractivity contribution < 1.29 is 51.2 Å². The fourth-order valence-electron chi connectivity index (χ4n) is 2.32. The van der Waals surface area contributed by atoms with Crippen LogP contribution in [0.2, 0.25) is 0 Å². The van der Waals surface area contributed by atoms with Crippen molar-refractivity contribution in [3.8, 4) is 12.3 Å². The highest BCUT2D eigenvalue weighted by atomic mass is 31.3. The average molecular weight is 475 g/mol. The summed E-state index contributed by atoms with van der Waals surface area (Å²) >= 11 is 0. The highest BCUT2D eigenvalue weighted by molar-refractivity contribution is 7.66. The van der Waals surface area contributed by atoms with Gasteiger partial charge >= 0.3 is 29.2 Å². The monoisotopic (exact) mass is 475 g/mol. The zero-order valence-electron chi connectivity index (χ0n) is 14.3. The molecule has 0 spiro atoms. The lowest BCUT2D eigenvalue weighted by atomic mass is 10.0. The largest absolute Gasteiger partial charge is 0.490 e. The maximum absolute atomic E-state index is 11.9. The molecule has 0 amide bonds. The van der Waals surface area contributed by atoms with Gasteiger partial charge in [0, 0.05) is 6.20 Å². The van der Waals surface area contributed by atoms with Gasteiger partial charge in [0.25, 0.3) is 0 Å². The van der Waals surface area contributed by atoms with Crippen LogP contribution in [0.3, 0.4) is 0 Å². The predicted octanol–water partition coefficient (Wildman–Crippen LogP) is -0.150. The molecule has 4 atom stereocenters. The van der Waals surface area contributed by atoms with Gasteiger partial charge in [-0.25, -0.2) is 18.5 Å². The Kier molecular flexibility index (Phi) is 6.91. The highest BCUT2D eigenvalue weighted by Gasteiger charge is 2.45. The molecule has 162 valence electrons. The van der Waals surface area contributed by atoms with Crippen molar-refractivity contribution in [3.05, 3.63) is 22.7 Å². The van der Waals surface area contributed by atoms with Crippen LogP contribution in [-0.4, -0.2) is 41.3 Å². The summed E-state index contributed by atoms with van der Waals surface area (Å²) in [6.07, 6.45) is 6.01. The van der Waals surface area contributed by atoms with E-state index in [1.165, 1.54) is 12.3 Å². The Labute approximate surface area is 162 Å². The molecule has 18 heteroatoms. The number of nitrogen functional groups attached to an aromatic ring is 1. The molecular weight excluding hydrogens is 459 g/mol. The topological polar surface area (TPSA) is 230 Å². The van der Waals surface area contributed by atoms with Crippen molar-refractivity contribution in [1.29, 1.82) is 0 Å². The van der Waals surface area contributed by atoms with Crippen LogP contribution in [0.25, 0.3) is 0 Å². The molecule has 15 nitrogen and oxygen atoms in total. The summed E-state index contributed by atoms with van der Waals surface area (Å²) in [7, 11) is -16.5. The number of aromatic nitrogens is 2. The first kappa shape index (κ1) is 23.9. The average Bonchev–Trinajstić information content (AvgIpc) is 2.94. The van der Waals surface area contributed by atoms with Crippen LogP contribution < -0.4 is 11.4 Å². The van der Waals surface area contributed by atoms with Crippen LogP contribution >= 0.6 is 23.5 Å². The van der Waals surface area contributed by atoms with Crippen LogP contribution in [0.15, 0.2) is 17.1 Å². The third-order valence-corrected chi connectivity index (χ3v) is 7.24. The number of hydrogen-bond donors (Lipinski definition) is 5. The molecule has 29 heavy (non-hydrogen) atoms. The van der Waals surface area contributed by atoms with E-state index in [9.17, 15) is 23.4 Å². The molecule has 2 heterocycles. The third kappa shape index (κ3) is 6.82. The molecule has 2 rings (SSSR count). The Morgan fingerprint density at radius 1 is 1.31 bits per heavy atom. The highest BCUT2D eigenvalue weighted by Crippen LogP contribution is 2.66. The van der Waals surface area contributed by atoms with Gasteiger partial charge in [-0.05, 0) is 18.9 Å². The molecular formula is C11H16N3O12P3. The van der Waals surface area contributed by atoms with Crippen molar-refractivity contribution >= 4 is 29.3 Å². The van der Waals surface area contributed by atoms with Crippen LogP contribution in [0, 0.1) is 12.3 Å². The number of anilines is 1. The summed E-state index contributed by atoms with van der Waals surface area (Å²) in [5.74, 6) is 2.19. The van der Waals surface area contributed by atoms with Gasteiger partial charge in [-0.1, -0.05) is 5.92 Å². The van der Waals surface area contributed by atoms with E-state index in [0.29, 0.717) is 0 Å². The van der Waals surface area contributed by atoms with Crippen LogP contribution in [-0.2, 0) is 31.6 Å². The molecule has 0 aliphatic carbocycles. The molecule has 1 aromatic rings. The smallest absolute Gasteiger partial charge is 0.383 e. The van der Waals surface area contributed by atoms with Gasteiger partial charge in [-0.15, -0.1) is 6.42 Å². The molecule has 6 N–H and O–H groups in total. The zero-order chi connectivity index (χ0) is 22.1. The van der Waals surface area contributed by atoms with Gasteiger partial charge in [0.1, 0.15) is 12.0 Å². The van der Waals surface area contributed by atoms with Gasteiger partial charge in [0.2, 0.25) is 0 Å². The standard InChI is InChI=1S/C11H16N3O12P3/c1-2-11(5-3-9(24-11)14-6-4-8(12)13-10(14)15)7-23-28(19,20)26-29(21,22)25-27(16,17)18/h1,4,6,9H,3,5,7H2,(H,19,20)(H,21,22)(H2,12,13,15)(H2,16,17,18)/t9-,11+/m0/s1. The number of nitrogens with zero attached hydrogens (tertiary/aromatic N) is 2. The third-order valence-electron chi connectivity index (χ3n) is 3.46. The number of ether oxygens (including phenoxy) is 1. The van der Waals surface area contributed by atoms with E-state index in [2.05, 4.69) is 24.0 Å². The van der Waals surface area contributed by atoms with Gasteiger partial charge < -0.3 is 30.0 Å². The van der Waals surface area contributed by atoms with E-state index in [0.717, 1.165) is 4.57 Å². The van der Waals surface area contributed by atoms with Crippen LogP contribution in [0.1, 0.15) is 19.1 Å². The van der Waals surface area contributed by atoms with Crippen molar-refractivity contribution in [2.75, 3.05) is 12.3 Å². The molecule has 2 unspecified atom stereocenters. The van der Waals surface area contributed by atoms with E-state index in [1.54, 1.807) is 0 Å². The zero-order valence-corrected chi connectivity index (χ0v) is 17.0. The summed E-state index contributed by atoms with van der Waals surface area (Å²) < 4.78 is 52.1. The van der Waals surface area contributed by atoms with Crippen molar-refractivity contribution in [2.45, 2.75) is 24.7 Å². The van der Waals surface area contributed by atoms with Crippen LogP contribution in [0.4, 0.5) is 5.82 Å². The van der Waals surface area contributed by atoms with Gasteiger partial charge in [-0.3, -0.25) is 9.09 Å². The Bertz CT molecular complexity index is 1010. The summed E-state index contributed by atoms with van der Waals surface area (Å²) in [6.45, 7) is -0.832. The summed E-state index contributed by atoms with van der Waals surface area (Å²) in [5, 5.41) is 0. The van der Waals surface area contributed by atoms with Crippen LogP contribution in [0.5, 0.6) is 0 Å². The molecule has 1 fully saturated rings. The lowest BCUT2D eigenvalue weighted by molar-refractivity contribution is -0.0636. The molecule has 1 aliphatic rings. The van der Waals surface area contributed by atoms with Crippen molar-refractivity contribution in [1.82, 2.24) is 9.55 Å². The van der Waals surface area contributed by atoms with Crippen molar-refractivity contribution in [2.24, 2.45) is 0 Å². The van der Waals surface area contributed by atoms with Gasteiger partial charge in [0.15, 0.2) is 5.60 Å². The number of nitrogens with two attached hydrogens (primary N) is 1. The van der Waals surface area contributed by atoms with E-state index in [-0.39, 0.29) is 18.7 Å². The Morgan fingerprint density at radius 2 is 1.97 bits per heavy atom. The second kappa shape index (κ2) is 8.39. The van der Waals surface area contributed by atoms with E-state index in [1.807, 2.05) is 0 Å². The summed E-state index contributed by atoms with van der Waals surface area (Å²) in [6, 6.07) is 1.34. The molecule has 1 aromatic heterocycles. The van der Waals surface area contributed by atoms with E-state index < -0.39 is 47.6 Å². The maximum Gasteiger partial charge on any atom is 0.490 e. The SMILES string of the molecule is C#C[C@]1(COP(=O)(O)OP(=O)(O)OP(=O)(O)O)CC[C@@H](n2ccc(N)nc2=O)O1. The summed E-state index contributed by atoms with van der Waals surface area (Å²) in [4.78, 5) is 51.0. The molecule has 0 saturated carbocycles. The quantitative estimate of drug-likeness (QED) is 0.243. The first-order valence-electron chi connectivity index (χ1n) is 7.45. The second-order valence-electron chi connectivity index (χ2n) is 5.66. The molecule has 0 bridgehead atoms. The number of phosphoric acid groups is 3. The fraction of sp³-hybridized carbons (Fsp3) is 0.455. The minimum atomic E-state index is -5.66. The minimum Gasteiger partial charge on any atom is -0.383 e. The van der Waals surface area contributed by atoms with Gasteiger partial charge in [-0.2, -0.15) is 13.6 Å². The number of rotatable bonds is 8.